The Bertz CT molecular complexity index is 762. The number of thiazole rings is 1. The number of guanidine groups is 1. The molecule has 0 amide bonds. The highest BCUT2D eigenvalue weighted by molar-refractivity contribution is 14.0. The van der Waals surface area contributed by atoms with Gasteiger partial charge in [-0.05, 0) is 25.7 Å². The Morgan fingerprint density at radius 3 is 2.64 bits per heavy atom. The molecular weight excluding hydrogens is 485 g/mol. The van der Waals surface area contributed by atoms with Crippen LogP contribution in [0, 0.1) is 6.92 Å². The van der Waals surface area contributed by atoms with E-state index in [4.69, 9.17) is 9.98 Å². The van der Waals surface area contributed by atoms with Crippen LogP contribution in [0.4, 0.5) is 0 Å². The molecule has 0 aromatic carbocycles. The Hall–Kier alpha value is -1.23. The molecule has 0 spiro atoms. The van der Waals surface area contributed by atoms with Gasteiger partial charge in [-0.25, -0.2) is 9.98 Å². The van der Waals surface area contributed by atoms with Crippen molar-refractivity contribution in [1.29, 1.82) is 0 Å². The predicted molar refractivity (Wildman–Crippen MR) is 125 cm³/mol. The molecule has 2 aromatic rings. The van der Waals surface area contributed by atoms with Crippen LogP contribution in [0.15, 0.2) is 10.4 Å². The molecule has 7 nitrogen and oxygen atoms in total. The van der Waals surface area contributed by atoms with Crippen LogP contribution in [0.25, 0.3) is 0 Å². The van der Waals surface area contributed by atoms with E-state index in [0.29, 0.717) is 25.0 Å². The molecule has 28 heavy (non-hydrogen) atoms. The van der Waals surface area contributed by atoms with Gasteiger partial charge < -0.3 is 15.2 Å². The summed E-state index contributed by atoms with van der Waals surface area (Å²) < 4.78 is 1.98. The van der Waals surface area contributed by atoms with Crippen molar-refractivity contribution in [2.24, 2.45) is 12.0 Å². The summed E-state index contributed by atoms with van der Waals surface area (Å²) in [5.41, 5.74) is 1.16. The van der Waals surface area contributed by atoms with Gasteiger partial charge in [-0.3, -0.25) is 0 Å². The zero-order chi connectivity index (χ0) is 19.2. The molecule has 156 valence electrons. The first-order valence-electron chi connectivity index (χ1n) is 9.87. The van der Waals surface area contributed by atoms with E-state index in [1.54, 1.807) is 11.3 Å². The number of aromatic nitrogens is 4. The molecule has 2 N–H and O–H groups in total. The van der Waals surface area contributed by atoms with E-state index in [-0.39, 0.29) is 24.0 Å². The molecule has 1 saturated carbocycles. The number of nitrogens with zero attached hydrogens (tertiary/aromatic N) is 5. The summed E-state index contributed by atoms with van der Waals surface area (Å²) in [6, 6.07) is 0.494. The maximum absolute atomic E-state index is 4.77. The van der Waals surface area contributed by atoms with Crippen molar-refractivity contribution in [2.45, 2.75) is 77.9 Å². The lowest BCUT2D eigenvalue weighted by molar-refractivity contribution is 0.409. The molecule has 0 radical (unpaired) electrons. The Labute approximate surface area is 188 Å². The number of hydrogen-bond donors (Lipinski definition) is 2. The Balaban J connectivity index is 0.00000280. The summed E-state index contributed by atoms with van der Waals surface area (Å²) in [7, 11) is 1.98. The van der Waals surface area contributed by atoms with Gasteiger partial charge in [0, 0.05) is 18.5 Å². The quantitative estimate of drug-likeness (QED) is 0.345. The summed E-state index contributed by atoms with van der Waals surface area (Å²) >= 11 is 1.70. The number of nitrogens with one attached hydrogen (secondary N) is 2. The van der Waals surface area contributed by atoms with E-state index in [2.05, 4.69) is 40.1 Å². The molecule has 0 aliphatic heterocycles. The topological polar surface area (TPSA) is 80.0 Å². The predicted octanol–water partition coefficient (Wildman–Crippen LogP) is 3.89. The number of halogens is 1. The minimum atomic E-state index is 0. The highest BCUT2D eigenvalue weighted by atomic mass is 127. The SMILES string of the molecule is Cc1nnc(CN=C(NCc2nc(C(C)C)cs2)NC2CCCCC2)n1C.I. The molecule has 0 bridgehead atoms. The van der Waals surface area contributed by atoms with Crippen LogP contribution in [-0.4, -0.2) is 31.7 Å². The lowest BCUT2D eigenvalue weighted by Gasteiger charge is -2.25. The van der Waals surface area contributed by atoms with Crippen molar-refractivity contribution < 1.29 is 0 Å². The fourth-order valence-corrected chi connectivity index (χ4v) is 4.06. The average molecular weight is 517 g/mol. The normalized spacial score (nSPS) is 15.5. The molecule has 1 fully saturated rings. The van der Waals surface area contributed by atoms with Crippen LogP contribution in [0.3, 0.4) is 0 Å². The standard InChI is InChI=1S/C19H31N7S.HI/c1-13(2)16-12-27-18(23-16)11-21-19(22-15-8-6-5-7-9-15)20-10-17-25-24-14(3)26(17)4;/h12-13,15H,5-11H2,1-4H3,(H2,20,21,22);1H. The van der Waals surface area contributed by atoms with Crippen LogP contribution >= 0.6 is 35.3 Å². The van der Waals surface area contributed by atoms with Gasteiger partial charge >= 0.3 is 0 Å². The Morgan fingerprint density at radius 1 is 1.29 bits per heavy atom. The van der Waals surface area contributed by atoms with E-state index in [1.165, 1.54) is 32.1 Å². The van der Waals surface area contributed by atoms with E-state index >= 15 is 0 Å². The van der Waals surface area contributed by atoms with Gasteiger partial charge in [0.2, 0.25) is 0 Å². The van der Waals surface area contributed by atoms with Crippen molar-refractivity contribution >= 4 is 41.3 Å². The van der Waals surface area contributed by atoms with Gasteiger partial charge in [-0.2, -0.15) is 0 Å². The lowest BCUT2D eigenvalue weighted by atomic mass is 9.96. The molecule has 2 heterocycles. The molecule has 0 unspecified atom stereocenters. The minimum Gasteiger partial charge on any atom is -0.354 e. The first kappa shape index (κ1) is 23.1. The second kappa shape index (κ2) is 11.1. The number of rotatable bonds is 6. The first-order chi connectivity index (χ1) is 13.0. The maximum atomic E-state index is 4.77. The summed E-state index contributed by atoms with van der Waals surface area (Å²) in [6.07, 6.45) is 6.33. The van der Waals surface area contributed by atoms with Crippen LogP contribution < -0.4 is 10.6 Å². The molecule has 0 atom stereocenters. The van der Waals surface area contributed by atoms with Crippen molar-refractivity contribution in [3.63, 3.8) is 0 Å². The van der Waals surface area contributed by atoms with Crippen molar-refractivity contribution in [2.75, 3.05) is 0 Å². The Morgan fingerprint density at radius 2 is 2.04 bits per heavy atom. The smallest absolute Gasteiger partial charge is 0.192 e. The van der Waals surface area contributed by atoms with Crippen LogP contribution in [0.2, 0.25) is 0 Å². The molecular formula is C19H32IN7S. The highest BCUT2D eigenvalue weighted by Gasteiger charge is 2.15. The molecule has 1 aliphatic carbocycles. The molecule has 3 rings (SSSR count). The maximum Gasteiger partial charge on any atom is 0.192 e. The monoisotopic (exact) mass is 517 g/mol. The van der Waals surface area contributed by atoms with Gasteiger partial charge in [-0.15, -0.1) is 45.5 Å². The summed E-state index contributed by atoms with van der Waals surface area (Å²) in [5.74, 6) is 3.07. The Kier molecular flexibility index (Phi) is 9.13. The zero-order valence-corrected chi connectivity index (χ0v) is 20.4. The van der Waals surface area contributed by atoms with Gasteiger partial charge in [0.05, 0.1) is 12.2 Å². The molecule has 9 heteroatoms. The van der Waals surface area contributed by atoms with Gasteiger partial charge in [0.25, 0.3) is 0 Å². The van der Waals surface area contributed by atoms with Crippen LogP contribution in [0.1, 0.15) is 74.2 Å². The zero-order valence-electron chi connectivity index (χ0n) is 17.2. The van der Waals surface area contributed by atoms with E-state index in [9.17, 15) is 0 Å². The van der Waals surface area contributed by atoms with E-state index < -0.39 is 0 Å². The molecule has 2 aromatic heterocycles. The lowest BCUT2D eigenvalue weighted by Crippen LogP contribution is -2.44. The third-order valence-electron chi connectivity index (χ3n) is 5.08. The summed E-state index contributed by atoms with van der Waals surface area (Å²) in [4.78, 5) is 9.48. The third-order valence-corrected chi connectivity index (χ3v) is 5.94. The number of aliphatic imine (C=N–C) groups is 1. The summed E-state index contributed by atoms with van der Waals surface area (Å²) in [6.45, 7) is 7.50. The van der Waals surface area contributed by atoms with Gasteiger partial charge in [0.1, 0.15) is 17.4 Å². The first-order valence-corrected chi connectivity index (χ1v) is 10.7. The number of hydrogen-bond acceptors (Lipinski definition) is 5. The van der Waals surface area contributed by atoms with Crippen LogP contribution in [-0.2, 0) is 20.1 Å². The van der Waals surface area contributed by atoms with Crippen molar-refractivity contribution in [1.82, 2.24) is 30.4 Å². The van der Waals surface area contributed by atoms with Crippen LogP contribution in [0.5, 0.6) is 0 Å². The van der Waals surface area contributed by atoms with Crippen molar-refractivity contribution in [3.8, 4) is 0 Å². The van der Waals surface area contributed by atoms with Gasteiger partial charge in [0.15, 0.2) is 11.8 Å². The fourth-order valence-electron chi connectivity index (χ4n) is 3.16. The second-order valence-electron chi connectivity index (χ2n) is 7.54. The summed E-state index contributed by atoms with van der Waals surface area (Å²) in [5, 5.41) is 18.6. The van der Waals surface area contributed by atoms with E-state index in [1.807, 2.05) is 18.5 Å². The highest BCUT2D eigenvalue weighted by Crippen LogP contribution is 2.18. The van der Waals surface area contributed by atoms with Crippen molar-refractivity contribution in [3.05, 3.63) is 27.7 Å². The van der Waals surface area contributed by atoms with E-state index in [0.717, 1.165) is 28.3 Å². The third kappa shape index (κ3) is 6.40. The number of aryl methyl sites for hydroxylation is 1. The van der Waals surface area contributed by atoms with Gasteiger partial charge in [-0.1, -0.05) is 33.1 Å². The molecule has 0 saturated heterocycles. The molecule has 1 aliphatic rings. The largest absolute Gasteiger partial charge is 0.354 e. The average Bonchev–Trinajstić information content (AvgIpc) is 3.26. The second-order valence-corrected chi connectivity index (χ2v) is 8.48. The fraction of sp³-hybridized carbons (Fsp3) is 0.684. The minimum absolute atomic E-state index is 0.